The predicted octanol–water partition coefficient (Wildman–Crippen LogP) is 7.10. The fourth-order valence-electron chi connectivity index (χ4n) is 5.82. The van der Waals surface area contributed by atoms with Crippen molar-refractivity contribution in [1.82, 2.24) is 4.90 Å². The van der Waals surface area contributed by atoms with Gasteiger partial charge in [-0.05, 0) is 36.1 Å². The quantitative estimate of drug-likeness (QED) is 0.110. The summed E-state index contributed by atoms with van der Waals surface area (Å²) in [5, 5.41) is 11.6. The first-order valence-electron chi connectivity index (χ1n) is 14.5. The first kappa shape index (κ1) is 31.8. The number of nitrogens with zero attached hydrogens (tertiary/aromatic N) is 1. The van der Waals surface area contributed by atoms with E-state index in [2.05, 4.69) is 16.8 Å². The Kier molecular flexibility index (Phi) is 10.1. The Bertz CT molecular complexity index is 1450. The molecule has 2 aliphatic rings. The zero-order valence-electron chi connectivity index (χ0n) is 23.9. The number of amides is 1. The number of hydrogen-bond acceptors (Lipinski definition) is 5. The van der Waals surface area contributed by atoms with Crippen molar-refractivity contribution in [3.05, 3.63) is 113 Å². The van der Waals surface area contributed by atoms with Gasteiger partial charge >= 0.3 is 0 Å². The van der Waals surface area contributed by atoms with E-state index in [9.17, 15) is 31.9 Å². The Labute approximate surface area is 252 Å². The van der Waals surface area contributed by atoms with Gasteiger partial charge in [-0.15, -0.1) is 6.58 Å². The fraction of sp³-hybridized carbons (Fsp3) is 0.364. The minimum Gasteiger partial charge on any atom is -0.392 e. The molecule has 2 N–H and O–H groups in total. The molecule has 3 aromatic rings. The summed E-state index contributed by atoms with van der Waals surface area (Å²) in [5.41, 5.74) is 0.773. The molecule has 6 nitrogen and oxygen atoms in total. The normalized spacial score (nSPS) is 20.7. The Hall–Kier alpha value is -3.64. The molecule has 0 aromatic heterocycles. The standard InChI is InChI=1S/C33H33F5N2O4/c1-2-15-40(23-5-3-4-6-23)17-24-16-25(20-9-7-19(18-41)8-10-20)44-33(43-24)21-11-13-22(14-12-21)39-32(42)26-27(34)29(36)31(38)30(37)28(26)35/h2,7-14,23-25,33,41H,1,3-6,15-18H2,(H,39,42)/t24-,25+,33+/m1/s1. The number of carbonyl (C=O) groups excluding carboxylic acids is 1. The van der Waals surface area contributed by atoms with Crippen LogP contribution in [-0.4, -0.2) is 41.1 Å². The van der Waals surface area contributed by atoms with E-state index < -0.39 is 46.8 Å². The number of aliphatic hydroxyl groups is 1. The van der Waals surface area contributed by atoms with Gasteiger partial charge in [-0.25, -0.2) is 22.0 Å². The molecule has 1 heterocycles. The lowest BCUT2D eigenvalue weighted by Crippen LogP contribution is -2.43. The van der Waals surface area contributed by atoms with E-state index in [0.717, 1.165) is 30.5 Å². The molecule has 5 rings (SSSR count). The minimum atomic E-state index is -2.34. The van der Waals surface area contributed by atoms with Crippen LogP contribution in [0.1, 0.15) is 71.5 Å². The van der Waals surface area contributed by atoms with Crippen molar-refractivity contribution in [2.24, 2.45) is 0 Å². The van der Waals surface area contributed by atoms with Gasteiger partial charge in [0, 0.05) is 36.8 Å². The van der Waals surface area contributed by atoms with E-state index >= 15 is 0 Å². The zero-order chi connectivity index (χ0) is 31.4. The average molecular weight is 617 g/mol. The maximum atomic E-state index is 14.1. The summed E-state index contributed by atoms with van der Waals surface area (Å²) in [6.07, 6.45) is 5.75. The third kappa shape index (κ3) is 6.86. The Morgan fingerprint density at radius 2 is 1.48 bits per heavy atom. The van der Waals surface area contributed by atoms with E-state index in [1.54, 1.807) is 12.1 Å². The van der Waals surface area contributed by atoms with Gasteiger partial charge in [0.05, 0.1) is 18.8 Å². The lowest BCUT2D eigenvalue weighted by atomic mass is 9.99. The third-order valence-corrected chi connectivity index (χ3v) is 8.14. The predicted molar refractivity (Wildman–Crippen MR) is 153 cm³/mol. The molecule has 3 atom stereocenters. The van der Waals surface area contributed by atoms with Crippen molar-refractivity contribution >= 4 is 11.6 Å². The number of aliphatic hydroxyl groups excluding tert-OH is 1. The van der Waals surface area contributed by atoms with E-state index in [0.29, 0.717) is 24.6 Å². The second kappa shape index (κ2) is 14.0. The molecule has 1 aliphatic carbocycles. The summed E-state index contributed by atoms with van der Waals surface area (Å²) < 4.78 is 81.6. The molecule has 0 bridgehead atoms. The SMILES string of the molecule is C=CCN(C[C@H]1C[C@@H](c2ccc(CO)cc2)O[C@@H](c2ccc(NC(=O)c3c(F)c(F)c(F)c(F)c3F)cc2)O1)C1CCCC1. The second-order valence-corrected chi connectivity index (χ2v) is 11.1. The molecule has 3 aromatic carbocycles. The summed E-state index contributed by atoms with van der Waals surface area (Å²) in [6.45, 7) is 5.24. The highest BCUT2D eigenvalue weighted by Crippen LogP contribution is 2.39. The van der Waals surface area contributed by atoms with Crippen LogP contribution in [0.3, 0.4) is 0 Å². The van der Waals surface area contributed by atoms with Crippen molar-refractivity contribution < 1.29 is 41.3 Å². The van der Waals surface area contributed by atoms with Gasteiger partial charge in [0.1, 0.15) is 5.56 Å². The first-order valence-corrected chi connectivity index (χ1v) is 14.5. The first-order chi connectivity index (χ1) is 21.2. The molecule has 0 spiro atoms. The zero-order valence-corrected chi connectivity index (χ0v) is 23.9. The molecule has 1 amide bonds. The highest BCUT2D eigenvalue weighted by molar-refractivity contribution is 6.04. The lowest BCUT2D eigenvalue weighted by molar-refractivity contribution is -0.253. The number of rotatable bonds is 10. The van der Waals surface area contributed by atoms with Crippen molar-refractivity contribution in [2.45, 2.75) is 63.3 Å². The molecule has 0 unspecified atom stereocenters. The summed E-state index contributed by atoms with van der Waals surface area (Å²) in [4.78, 5) is 14.9. The number of anilines is 1. The van der Waals surface area contributed by atoms with Crippen LogP contribution in [0.25, 0.3) is 0 Å². The lowest BCUT2D eigenvalue weighted by Gasteiger charge is -2.39. The largest absolute Gasteiger partial charge is 0.392 e. The van der Waals surface area contributed by atoms with E-state index in [4.69, 9.17) is 9.47 Å². The smallest absolute Gasteiger partial charge is 0.261 e. The van der Waals surface area contributed by atoms with Gasteiger partial charge in [0.25, 0.3) is 5.91 Å². The van der Waals surface area contributed by atoms with E-state index in [-0.39, 0.29) is 24.5 Å². The van der Waals surface area contributed by atoms with Crippen LogP contribution in [0.5, 0.6) is 0 Å². The summed E-state index contributed by atoms with van der Waals surface area (Å²) in [7, 11) is 0. The van der Waals surface area contributed by atoms with Gasteiger partial charge in [0.2, 0.25) is 5.82 Å². The van der Waals surface area contributed by atoms with Crippen molar-refractivity contribution in [3.63, 3.8) is 0 Å². The van der Waals surface area contributed by atoms with E-state index in [1.807, 2.05) is 30.3 Å². The summed E-state index contributed by atoms with van der Waals surface area (Å²) in [6, 6.07) is 14.0. The molecule has 234 valence electrons. The fourth-order valence-corrected chi connectivity index (χ4v) is 5.82. The van der Waals surface area contributed by atoms with Crippen LogP contribution < -0.4 is 5.32 Å². The maximum absolute atomic E-state index is 14.1. The average Bonchev–Trinajstić information content (AvgIpc) is 3.58. The molecule has 1 saturated carbocycles. The molecule has 0 radical (unpaired) electrons. The monoisotopic (exact) mass is 616 g/mol. The van der Waals surface area contributed by atoms with Crippen LogP contribution in [0.4, 0.5) is 27.6 Å². The molecular weight excluding hydrogens is 583 g/mol. The molecular formula is C33H33F5N2O4. The van der Waals surface area contributed by atoms with Crippen molar-refractivity contribution in [3.8, 4) is 0 Å². The van der Waals surface area contributed by atoms with Crippen LogP contribution >= 0.6 is 0 Å². The molecule has 1 aliphatic heterocycles. The highest BCUT2D eigenvalue weighted by atomic mass is 19.2. The van der Waals surface area contributed by atoms with Crippen LogP contribution in [0.2, 0.25) is 0 Å². The molecule has 44 heavy (non-hydrogen) atoms. The number of hydrogen-bond donors (Lipinski definition) is 2. The Morgan fingerprint density at radius 3 is 2.07 bits per heavy atom. The molecule has 2 fully saturated rings. The third-order valence-electron chi connectivity index (χ3n) is 8.14. The van der Waals surface area contributed by atoms with Gasteiger partial charge in [0.15, 0.2) is 29.6 Å². The minimum absolute atomic E-state index is 0.0598. The molecule has 11 heteroatoms. The van der Waals surface area contributed by atoms with Crippen LogP contribution in [0, 0.1) is 29.1 Å². The van der Waals surface area contributed by atoms with Gasteiger partial charge in [-0.1, -0.05) is 55.3 Å². The van der Waals surface area contributed by atoms with Crippen LogP contribution in [-0.2, 0) is 16.1 Å². The highest BCUT2D eigenvalue weighted by Gasteiger charge is 2.35. The topological polar surface area (TPSA) is 71.0 Å². The second-order valence-electron chi connectivity index (χ2n) is 11.1. The number of carbonyl (C=O) groups is 1. The Morgan fingerprint density at radius 1 is 0.886 bits per heavy atom. The summed E-state index contributed by atoms with van der Waals surface area (Å²) >= 11 is 0. The van der Waals surface area contributed by atoms with Crippen molar-refractivity contribution in [1.29, 1.82) is 0 Å². The van der Waals surface area contributed by atoms with Gasteiger partial charge < -0.3 is 19.9 Å². The molecule has 1 saturated heterocycles. The van der Waals surface area contributed by atoms with Gasteiger partial charge in [-0.3, -0.25) is 9.69 Å². The van der Waals surface area contributed by atoms with Gasteiger partial charge in [-0.2, -0.15) is 0 Å². The summed E-state index contributed by atoms with van der Waals surface area (Å²) in [5.74, 6) is -12.7. The number of benzene rings is 3. The Balaban J connectivity index is 1.35. The number of halogens is 5. The van der Waals surface area contributed by atoms with Crippen molar-refractivity contribution in [2.75, 3.05) is 18.4 Å². The van der Waals surface area contributed by atoms with E-state index in [1.165, 1.54) is 25.0 Å². The van der Waals surface area contributed by atoms with Crippen LogP contribution in [0.15, 0.2) is 61.2 Å². The number of ether oxygens (including phenoxy) is 2. The number of nitrogens with one attached hydrogen (secondary N) is 1. The maximum Gasteiger partial charge on any atom is 0.261 e.